The van der Waals surface area contributed by atoms with Crippen molar-refractivity contribution in [3.8, 4) is 16.3 Å². The molecule has 0 bridgehead atoms. The minimum Gasteiger partial charge on any atom is -0.497 e. The largest absolute Gasteiger partial charge is 0.497 e. The molecule has 3 aromatic carbocycles. The molecule has 0 atom stereocenters. The molecular formula is C22H17FN2O2S. The number of aromatic nitrogens is 1. The Balaban J connectivity index is 1.55. The first-order valence-corrected chi connectivity index (χ1v) is 9.50. The van der Waals surface area contributed by atoms with Gasteiger partial charge in [-0.05, 0) is 54.1 Å². The molecule has 6 heteroatoms. The van der Waals surface area contributed by atoms with Gasteiger partial charge >= 0.3 is 0 Å². The summed E-state index contributed by atoms with van der Waals surface area (Å²) in [6, 6.07) is 19.9. The van der Waals surface area contributed by atoms with Crippen molar-refractivity contribution in [1.29, 1.82) is 0 Å². The number of thiazole rings is 1. The van der Waals surface area contributed by atoms with Gasteiger partial charge in [0, 0.05) is 16.8 Å². The van der Waals surface area contributed by atoms with E-state index in [0.29, 0.717) is 16.8 Å². The van der Waals surface area contributed by atoms with Gasteiger partial charge < -0.3 is 10.1 Å². The lowest BCUT2D eigenvalue weighted by molar-refractivity contribution is 0.102. The van der Waals surface area contributed by atoms with Crippen LogP contribution in [-0.4, -0.2) is 18.0 Å². The lowest BCUT2D eigenvalue weighted by atomic mass is 10.1. The van der Waals surface area contributed by atoms with Gasteiger partial charge in [-0.3, -0.25) is 4.79 Å². The summed E-state index contributed by atoms with van der Waals surface area (Å²) >= 11 is 1.58. The highest BCUT2D eigenvalue weighted by Crippen LogP contribution is 2.32. The van der Waals surface area contributed by atoms with Gasteiger partial charge in [0.25, 0.3) is 5.91 Å². The predicted molar refractivity (Wildman–Crippen MR) is 111 cm³/mol. The van der Waals surface area contributed by atoms with Crippen LogP contribution in [0.2, 0.25) is 0 Å². The van der Waals surface area contributed by atoms with Crippen molar-refractivity contribution in [3.63, 3.8) is 0 Å². The average molecular weight is 392 g/mol. The van der Waals surface area contributed by atoms with Crippen LogP contribution in [0.25, 0.3) is 20.8 Å². The molecule has 4 aromatic rings. The molecule has 4 nitrogen and oxygen atoms in total. The normalized spacial score (nSPS) is 10.8. The van der Waals surface area contributed by atoms with Crippen molar-refractivity contribution >= 4 is 33.1 Å². The second-order valence-corrected chi connectivity index (χ2v) is 7.21. The Morgan fingerprint density at radius 2 is 1.89 bits per heavy atom. The van der Waals surface area contributed by atoms with Crippen LogP contribution < -0.4 is 10.1 Å². The van der Waals surface area contributed by atoms with Gasteiger partial charge in [-0.2, -0.15) is 0 Å². The summed E-state index contributed by atoms with van der Waals surface area (Å²) in [5.74, 6) is 0.474. The van der Waals surface area contributed by atoms with Crippen LogP contribution in [0.15, 0.2) is 66.7 Å². The van der Waals surface area contributed by atoms with Crippen LogP contribution in [0.1, 0.15) is 15.9 Å². The van der Waals surface area contributed by atoms with E-state index in [9.17, 15) is 9.18 Å². The molecule has 0 aliphatic carbocycles. The summed E-state index contributed by atoms with van der Waals surface area (Å²) in [6.07, 6.45) is 0. The third kappa shape index (κ3) is 3.59. The number of alkyl halides is 1. The molecule has 0 saturated heterocycles. The molecule has 1 amide bonds. The Morgan fingerprint density at radius 3 is 2.64 bits per heavy atom. The molecule has 0 saturated carbocycles. The number of methoxy groups -OCH3 is 1. The number of hydrogen-bond acceptors (Lipinski definition) is 4. The van der Waals surface area contributed by atoms with Gasteiger partial charge in [0.2, 0.25) is 0 Å². The van der Waals surface area contributed by atoms with Gasteiger partial charge in [0.15, 0.2) is 0 Å². The molecule has 140 valence electrons. The van der Waals surface area contributed by atoms with Crippen molar-refractivity contribution in [1.82, 2.24) is 4.98 Å². The molecule has 1 N–H and O–H groups in total. The van der Waals surface area contributed by atoms with E-state index in [-0.39, 0.29) is 5.91 Å². The van der Waals surface area contributed by atoms with Crippen molar-refractivity contribution in [2.45, 2.75) is 6.67 Å². The minimum atomic E-state index is -0.676. The summed E-state index contributed by atoms with van der Waals surface area (Å²) in [4.78, 5) is 17.1. The number of ether oxygens (including phenoxy) is 1. The van der Waals surface area contributed by atoms with E-state index in [1.54, 1.807) is 42.7 Å². The van der Waals surface area contributed by atoms with Crippen LogP contribution in [0.4, 0.5) is 10.1 Å². The van der Waals surface area contributed by atoms with Gasteiger partial charge in [-0.15, -0.1) is 11.3 Å². The Morgan fingerprint density at radius 1 is 1.11 bits per heavy atom. The van der Waals surface area contributed by atoms with E-state index >= 15 is 0 Å². The van der Waals surface area contributed by atoms with Gasteiger partial charge in [-0.25, -0.2) is 9.37 Å². The number of rotatable bonds is 5. The van der Waals surface area contributed by atoms with E-state index in [1.807, 2.05) is 42.5 Å². The highest BCUT2D eigenvalue weighted by atomic mass is 32.1. The zero-order valence-electron chi connectivity index (χ0n) is 15.1. The Hall–Kier alpha value is -3.25. The standard InChI is InChI=1S/C22H17FN2O2S/c1-27-17-10-11-19-20(12-17)28-22(25-19)14-6-8-16(9-7-14)24-21(26)18-5-3-2-4-15(18)13-23/h2-12H,13H2,1H3,(H,24,26). The van der Waals surface area contributed by atoms with Crippen molar-refractivity contribution < 1.29 is 13.9 Å². The first-order chi connectivity index (χ1) is 13.7. The third-order valence-electron chi connectivity index (χ3n) is 4.39. The second kappa shape index (κ2) is 7.78. The number of benzene rings is 3. The van der Waals surface area contributed by atoms with Crippen LogP contribution in [0.3, 0.4) is 0 Å². The number of carbonyl (C=O) groups excluding carboxylic acids is 1. The summed E-state index contributed by atoms with van der Waals surface area (Å²) in [5, 5.41) is 3.71. The van der Waals surface area contributed by atoms with Crippen LogP contribution in [0.5, 0.6) is 5.75 Å². The first kappa shape index (κ1) is 18.1. The molecule has 0 spiro atoms. The highest BCUT2D eigenvalue weighted by molar-refractivity contribution is 7.21. The topological polar surface area (TPSA) is 51.2 Å². The van der Waals surface area contributed by atoms with Crippen molar-refractivity contribution in [3.05, 3.63) is 77.9 Å². The number of nitrogens with one attached hydrogen (secondary N) is 1. The summed E-state index contributed by atoms with van der Waals surface area (Å²) in [6.45, 7) is -0.676. The Kier molecular flexibility index (Phi) is 5.04. The Bertz CT molecular complexity index is 1140. The molecule has 1 aromatic heterocycles. The van der Waals surface area contributed by atoms with Gasteiger partial charge in [0.05, 0.1) is 17.3 Å². The molecule has 0 fully saturated rings. The molecule has 0 unspecified atom stereocenters. The third-order valence-corrected chi connectivity index (χ3v) is 5.46. The highest BCUT2D eigenvalue weighted by Gasteiger charge is 2.12. The molecule has 1 heterocycles. The molecule has 28 heavy (non-hydrogen) atoms. The first-order valence-electron chi connectivity index (χ1n) is 8.68. The maximum Gasteiger partial charge on any atom is 0.256 e. The number of hydrogen-bond donors (Lipinski definition) is 1. The summed E-state index contributed by atoms with van der Waals surface area (Å²) in [7, 11) is 1.64. The van der Waals surface area contributed by atoms with Crippen molar-refractivity contribution in [2.24, 2.45) is 0 Å². The number of carbonyl (C=O) groups is 1. The second-order valence-electron chi connectivity index (χ2n) is 6.17. The molecule has 4 rings (SSSR count). The number of anilines is 1. The minimum absolute atomic E-state index is 0.326. The lowest BCUT2D eigenvalue weighted by Crippen LogP contribution is -2.13. The number of amides is 1. The zero-order valence-corrected chi connectivity index (χ0v) is 15.9. The van der Waals surface area contributed by atoms with E-state index in [4.69, 9.17) is 4.74 Å². The predicted octanol–water partition coefficient (Wildman–Crippen LogP) is 5.69. The zero-order chi connectivity index (χ0) is 19.5. The number of halogens is 1. The van der Waals surface area contributed by atoms with Crippen LogP contribution >= 0.6 is 11.3 Å². The maximum atomic E-state index is 13.1. The Labute approximate surface area is 165 Å². The van der Waals surface area contributed by atoms with Gasteiger partial charge in [-0.1, -0.05) is 18.2 Å². The smallest absolute Gasteiger partial charge is 0.256 e. The monoisotopic (exact) mass is 392 g/mol. The summed E-state index contributed by atoms with van der Waals surface area (Å²) < 4.78 is 19.4. The van der Waals surface area contributed by atoms with Crippen LogP contribution in [-0.2, 0) is 6.67 Å². The lowest BCUT2D eigenvalue weighted by Gasteiger charge is -2.08. The quantitative estimate of drug-likeness (QED) is 0.474. The molecule has 0 radical (unpaired) electrons. The molecule has 0 aliphatic rings. The summed E-state index contributed by atoms with van der Waals surface area (Å²) in [5.41, 5.74) is 3.24. The van der Waals surface area contributed by atoms with E-state index in [0.717, 1.165) is 26.5 Å². The van der Waals surface area contributed by atoms with Gasteiger partial charge in [0.1, 0.15) is 17.4 Å². The fourth-order valence-corrected chi connectivity index (χ4v) is 3.91. The number of nitrogens with zero attached hydrogens (tertiary/aromatic N) is 1. The number of fused-ring (bicyclic) bond motifs is 1. The molecule has 0 aliphatic heterocycles. The maximum absolute atomic E-state index is 13.1. The van der Waals surface area contributed by atoms with Crippen molar-refractivity contribution in [2.75, 3.05) is 12.4 Å². The fraction of sp³-hybridized carbons (Fsp3) is 0.0909. The van der Waals surface area contributed by atoms with E-state index in [2.05, 4.69) is 10.3 Å². The fourth-order valence-electron chi connectivity index (χ4n) is 2.91. The van der Waals surface area contributed by atoms with Crippen LogP contribution in [0, 0.1) is 0 Å². The van der Waals surface area contributed by atoms with E-state index in [1.165, 1.54) is 0 Å². The average Bonchev–Trinajstić information content (AvgIpc) is 3.17. The SMILES string of the molecule is COc1ccc2nc(-c3ccc(NC(=O)c4ccccc4CF)cc3)sc2c1. The molecular weight excluding hydrogens is 375 g/mol. The van der Waals surface area contributed by atoms with E-state index < -0.39 is 6.67 Å².